The minimum atomic E-state index is -0.396. The van der Waals surface area contributed by atoms with E-state index in [1.165, 1.54) is 0 Å². The smallest absolute Gasteiger partial charge is 0.324 e. The first-order valence-corrected chi connectivity index (χ1v) is 15.2. The highest BCUT2D eigenvalue weighted by molar-refractivity contribution is 6.07. The van der Waals surface area contributed by atoms with Crippen LogP contribution in [0.3, 0.4) is 0 Å². The van der Waals surface area contributed by atoms with Gasteiger partial charge >= 0.3 is 6.03 Å². The Morgan fingerprint density at radius 2 is 1.67 bits per heavy atom. The number of aromatic nitrogens is 3. The minimum absolute atomic E-state index is 0.0245. The number of rotatable bonds is 12. The van der Waals surface area contributed by atoms with E-state index < -0.39 is 6.03 Å². The Labute approximate surface area is 269 Å². The molecule has 238 valence electrons. The molecule has 0 aliphatic carbocycles. The number of aryl methyl sites for hydroxylation is 1. The molecular formula is C36H40N6O4. The summed E-state index contributed by atoms with van der Waals surface area (Å²) in [6.45, 7) is 9.68. The molecule has 0 aliphatic rings. The molecule has 0 atom stereocenters. The van der Waals surface area contributed by atoms with Gasteiger partial charge in [0.05, 0.1) is 42.3 Å². The van der Waals surface area contributed by atoms with E-state index in [-0.39, 0.29) is 24.2 Å². The molecule has 3 N–H and O–H groups in total. The van der Waals surface area contributed by atoms with Gasteiger partial charge in [-0.25, -0.2) is 9.48 Å². The number of ether oxygens (including phenoxy) is 2. The molecule has 0 saturated heterocycles. The summed E-state index contributed by atoms with van der Waals surface area (Å²) in [5, 5.41) is 15.5. The van der Waals surface area contributed by atoms with Crippen LogP contribution in [0.15, 0.2) is 85.1 Å². The fourth-order valence-corrected chi connectivity index (χ4v) is 4.87. The molecule has 5 aromatic rings. The van der Waals surface area contributed by atoms with Crippen molar-refractivity contribution < 1.29 is 19.1 Å². The lowest BCUT2D eigenvalue weighted by atomic mass is 9.92. The number of anilines is 2. The van der Waals surface area contributed by atoms with Gasteiger partial charge in [0.2, 0.25) is 0 Å². The third-order valence-corrected chi connectivity index (χ3v) is 7.33. The van der Waals surface area contributed by atoms with Crippen molar-refractivity contribution in [1.29, 1.82) is 0 Å². The number of carbonyl (C=O) groups is 2. The van der Waals surface area contributed by atoms with Crippen molar-refractivity contribution in [2.75, 3.05) is 37.4 Å². The first-order valence-electron chi connectivity index (χ1n) is 15.2. The van der Waals surface area contributed by atoms with Gasteiger partial charge in [-0.2, -0.15) is 5.10 Å². The monoisotopic (exact) mass is 620 g/mol. The summed E-state index contributed by atoms with van der Waals surface area (Å²) in [4.78, 5) is 30.1. The predicted molar refractivity (Wildman–Crippen MR) is 181 cm³/mol. The number of Topliss-reactive ketones (excluding diaryl/α,β-unsaturated/α-hetero) is 1. The number of fused-ring (bicyclic) bond motifs is 1. The van der Waals surface area contributed by atoms with Crippen LogP contribution in [0.5, 0.6) is 11.5 Å². The largest absolute Gasteiger partial charge is 0.457 e. The zero-order valence-corrected chi connectivity index (χ0v) is 26.9. The molecular weight excluding hydrogens is 580 g/mol. The number of hydrogen-bond acceptors (Lipinski definition) is 7. The highest BCUT2D eigenvalue weighted by Crippen LogP contribution is 2.35. The van der Waals surface area contributed by atoms with E-state index in [4.69, 9.17) is 14.6 Å². The highest BCUT2D eigenvalue weighted by Gasteiger charge is 2.22. The quantitative estimate of drug-likeness (QED) is 0.131. The molecule has 10 heteroatoms. The minimum Gasteiger partial charge on any atom is -0.457 e. The van der Waals surface area contributed by atoms with Crippen molar-refractivity contribution in [2.45, 2.75) is 39.5 Å². The van der Waals surface area contributed by atoms with Gasteiger partial charge in [-0.05, 0) is 37.3 Å². The maximum Gasteiger partial charge on any atom is 0.324 e. The molecule has 2 aromatic heterocycles. The Morgan fingerprint density at radius 3 is 2.41 bits per heavy atom. The number of nitrogens with one attached hydrogen (secondary N) is 3. The second kappa shape index (κ2) is 14.4. The number of urea groups is 1. The van der Waals surface area contributed by atoms with E-state index in [2.05, 4.69) is 41.7 Å². The molecule has 2 heterocycles. The third-order valence-electron chi connectivity index (χ3n) is 7.33. The molecule has 0 bridgehead atoms. The van der Waals surface area contributed by atoms with Gasteiger partial charge in [-0.1, -0.05) is 62.7 Å². The maximum absolute atomic E-state index is 13.4. The number of pyridine rings is 1. The molecule has 46 heavy (non-hydrogen) atoms. The number of hydrogen-bond donors (Lipinski definition) is 3. The summed E-state index contributed by atoms with van der Waals surface area (Å²) in [7, 11) is 1.62. The van der Waals surface area contributed by atoms with E-state index in [0.717, 1.165) is 27.7 Å². The zero-order chi connectivity index (χ0) is 32.7. The summed E-state index contributed by atoms with van der Waals surface area (Å²) in [6, 6.07) is 24.4. The summed E-state index contributed by atoms with van der Waals surface area (Å²) in [5.74, 6) is 1.76. The lowest BCUT2D eigenvalue weighted by Crippen LogP contribution is -2.27. The van der Waals surface area contributed by atoms with Crippen molar-refractivity contribution in [3.05, 3.63) is 102 Å². The molecule has 0 unspecified atom stereocenters. The van der Waals surface area contributed by atoms with Gasteiger partial charge < -0.3 is 20.1 Å². The van der Waals surface area contributed by atoms with Crippen LogP contribution in [-0.4, -0.2) is 53.4 Å². The van der Waals surface area contributed by atoms with Crippen LogP contribution in [0.4, 0.5) is 16.3 Å². The third kappa shape index (κ3) is 8.15. The average molecular weight is 621 g/mol. The van der Waals surface area contributed by atoms with E-state index in [1.54, 1.807) is 30.1 Å². The van der Waals surface area contributed by atoms with Crippen LogP contribution in [0.1, 0.15) is 37.7 Å². The average Bonchev–Trinajstić information content (AvgIpc) is 3.45. The van der Waals surface area contributed by atoms with Crippen LogP contribution in [0.25, 0.3) is 16.5 Å². The first kappa shape index (κ1) is 32.3. The summed E-state index contributed by atoms with van der Waals surface area (Å²) in [6.07, 6.45) is 1.82. The van der Waals surface area contributed by atoms with Crippen LogP contribution < -0.4 is 20.7 Å². The Bertz CT molecular complexity index is 1830. The number of carbonyl (C=O) groups excluding carboxylic acids is 2. The standard InChI is InChI=1S/C36H40N6O4/c1-24-10-12-26(13-11-24)42-34(22-33(41-42)36(2,3)4)40-35(44)39-31-14-15-32(30-9-7-6-8-29(30)31)46-28-16-17-38-25(21-28)20-27(43)23-37-18-19-45-5/h6-17,21-22,37H,18-20,23H2,1-5H3,(H2,39,40,44). The van der Waals surface area contributed by atoms with Crippen molar-refractivity contribution in [3.8, 4) is 17.2 Å². The second-order valence-corrected chi connectivity index (χ2v) is 12.1. The number of methoxy groups -OCH3 is 1. The van der Waals surface area contributed by atoms with E-state index in [0.29, 0.717) is 41.8 Å². The number of ketones is 1. The van der Waals surface area contributed by atoms with E-state index in [9.17, 15) is 9.59 Å². The topological polar surface area (TPSA) is 119 Å². The SMILES string of the molecule is COCCNCC(=O)Cc1cc(Oc2ccc(NC(=O)Nc3cc(C(C)(C)C)nn3-c3ccc(C)cc3)c3ccccc23)ccn1. The first-order chi connectivity index (χ1) is 22.1. The number of nitrogens with zero attached hydrogens (tertiary/aromatic N) is 3. The van der Waals surface area contributed by atoms with Crippen LogP contribution in [0, 0.1) is 6.92 Å². The Morgan fingerprint density at radius 1 is 0.913 bits per heavy atom. The van der Waals surface area contributed by atoms with Gasteiger partial charge in [0.15, 0.2) is 5.78 Å². The van der Waals surface area contributed by atoms with Gasteiger partial charge in [-0.3, -0.25) is 15.1 Å². The van der Waals surface area contributed by atoms with Gasteiger partial charge in [0.1, 0.15) is 17.3 Å². The molecule has 0 aliphatic heterocycles. The molecule has 10 nitrogen and oxygen atoms in total. The molecule has 0 spiro atoms. The van der Waals surface area contributed by atoms with Gasteiger partial charge in [0, 0.05) is 48.2 Å². The van der Waals surface area contributed by atoms with Crippen molar-refractivity contribution in [3.63, 3.8) is 0 Å². The molecule has 5 rings (SSSR count). The van der Waals surface area contributed by atoms with Gasteiger partial charge in [0.25, 0.3) is 0 Å². The predicted octanol–water partition coefficient (Wildman–Crippen LogP) is 6.81. The van der Waals surface area contributed by atoms with Crippen LogP contribution in [-0.2, 0) is 21.4 Å². The number of benzene rings is 3. The summed E-state index contributed by atoms with van der Waals surface area (Å²) < 4.78 is 13.0. The van der Waals surface area contributed by atoms with Crippen molar-refractivity contribution >= 4 is 34.1 Å². The molecule has 0 radical (unpaired) electrons. The fraction of sp³-hybridized carbons (Fsp3) is 0.278. The molecule has 0 saturated carbocycles. The second-order valence-electron chi connectivity index (χ2n) is 12.1. The van der Waals surface area contributed by atoms with Crippen molar-refractivity contribution in [2.24, 2.45) is 0 Å². The summed E-state index contributed by atoms with van der Waals surface area (Å²) >= 11 is 0. The highest BCUT2D eigenvalue weighted by atomic mass is 16.5. The van der Waals surface area contributed by atoms with E-state index >= 15 is 0 Å². The molecule has 0 fully saturated rings. The summed E-state index contributed by atoms with van der Waals surface area (Å²) in [5.41, 5.74) is 3.89. The van der Waals surface area contributed by atoms with Crippen LogP contribution in [0.2, 0.25) is 0 Å². The Kier molecular flexibility index (Phi) is 10.1. The molecule has 3 aromatic carbocycles. The zero-order valence-electron chi connectivity index (χ0n) is 26.9. The Balaban J connectivity index is 1.33. The molecule has 2 amide bonds. The lowest BCUT2D eigenvalue weighted by Gasteiger charge is -2.14. The normalized spacial score (nSPS) is 11.4. The van der Waals surface area contributed by atoms with Crippen LogP contribution >= 0.6 is 0 Å². The Hall–Kier alpha value is -5.06. The fourth-order valence-electron chi connectivity index (χ4n) is 4.87. The van der Waals surface area contributed by atoms with Gasteiger partial charge in [-0.15, -0.1) is 0 Å². The van der Waals surface area contributed by atoms with Crippen molar-refractivity contribution in [1.82, 2.24) is 20.1 Å². The van der Waals surface area contributed by atoms with E-state index in [1.807, 2.05) is 73.7 Å². The number of amides is 2. The lowest BCUT2D eigenvalue weighted by molar-refractivity contribution is -0.117. The maximum atomic E-state index is 13.4.